The minimum absolute atomic E-state index is 0. The topological polar surface area (TPSA) is 186 Å². The highest BCUT2D eigenvalue weighted by molar-refractivity contribution is 5.94. The molecule has 6 aromatic rings. The van der Waals surface area contributed by atoms with Crippen LogP contribution in [0, 0.1) is 0 Å². The van der Waals surface area contributed by atoms with Gasteiger partial charge in [-0.15, -0.1) is 0 Å². The highest BCUT2D eigenvalue weighted by Gasteiger charge is 2.44. The first-order chi connectivity index (χ1) is 34.5. The van der Waals surface area contributed by atoms with Crippen molar-refractivity contribution in [1.82, 2.24) is 15.1 Å². The Balaban J connectivity index is 0.000000226. The molecule has 13 heteroatoms. The largest absolute Gasteiger partial charge is 0.478 e. The van der Waals surface area contributed by atoms with E-state index >= 15 is 0 Å². The molecule has 372 valence electrons. The average Bonchev–Trinajstić information content (AvgIpc) is 4.03. The second kappa shape index (κ2) is 27.7. The van der Waals surface area contributed by atoms with Gasteiger partial charge in [0.05, 0.1) is 26.1 Å². The molecule has 0 radical (unpaired) electrons. The Kier molecular flexibility index (Phi) is 21.0. The lowest BCUT2D eigenvalue weighted by Crippen LogP contribution is -2.44. The summed E-state index contributed by atoms with van der Waals surface area (Å²) < 4.78 is 9.87. The van der Waals surface area contributed by atoms with Crippen LogP contribution in [0.15, 0.2) is 194 Å². The molecule has 6 aromatic carbocycles. The normalized spacial score (nSPS) is 17.0. The maximum absolute atomic E-state index is 13.9. The third-order valence-electron chi connectivity index (χ3n) is 12.0. The first kappa shape index (κ1) is 54.5. The summed E-state index contributed by atoms with van der Waals surface area (Å²) in [7, 11) is 2.64. The summed E-state index contributed by atoms with van der Waals surface area (Å²) in [6.07, 6.45) is 6.58. The van der Waals surface area contributed by atoms with Gasteiger partial charge in [-0.05, 0) is 52.0 Å². The van der Waals surface area contributed by atoms with Gasteiger partial charge in [-0.25, -0.2) is 14.4 Å². The van der Waals surface area contributed by atoms with Crippen LogP contribution in [-0.2, 0) is 38.2 Å². The van der Waals surface area contributed by atoms with E-state index < -0.39 is 41.8 Å². The van der Waals surface area contributed by atoms with Gasteiger partial charge in [-0.1, -0.05) is 189 Å². The molecule has 2 aliphatic rings. The van der Waals surface area contributed by atoms with E-state index in [2.05, 4.69) is 5.32 Å². The monoisotopic (exact) mass is 970 g/mol. The smallest absolute Gasteiger partial charge is 0.328 e. The molecule has 0 aromatic heterocycles. The SMILES string of the molecule is C.COC(=O)[C@@H]1C[C@H](N)CN1C(=O)C(c1ccccc1)c1ccccc1.COC(=O)[C@@H]1C[C@H](NC(=O)/C=C/c2ccccc2)CN1C(=O)C(c1ccccc1)c1ccccc1.O=C(O)/C=C/c1ccccc1. The van der Waals surface area contributed by atoms with Crippen LogP contribution in [-0.4, -0.2) is 102 Å². The van der Waals surface area contributed by atoms with E-state index in [1.165, 1.54) is 20.3 Å². The number of ether oxygens (including phenoxy) is 2. The summed E-state index contributed by atoms with van der Waals surface area (Å²) in [4.78, 5) is 77.8. The number of carboxylic acids is 1. The molecule has 72 heavy (non-hydrogen) atoms. The molecule has 0 spiro atoms. The van der Waals surface area contributed by atoms with Crippen molar-refractivity contribution in [1.29, 1.82) is 0 Å². The van der Waals surface area contributed by atoms with Crippen molar-refractivity contribution in [3.05, 3.63) is 228 Å². The van der Waals surface area contributed by atoms with Crippen LogP contribution in [0.1, 0.15) is 65.5 Å². The predicted octanol–water partition coefficient (Wildman–Crippen LogP) is 8.13. The number of benzene rings is 6. The number of aliphatic carboxylic acids is 1. The van der Waals surface area contributed by atoms with Crippen LogP contribution in [0.25, 0.3) is 12.2 Å². The molecule has 2 heterocycles. The maximum Gasteiger partial charge on any atom is 0.328 e. The number of likely N-dealkylation sites (tertiary alicyclic amines) is 2. The second-order valence-corrected chi connectivity index (χ2v) is 16.8. The van der Waals surface area contributed by atoms with Crippen LogP contribution < -0.4 is 11.1 Å². The lowest BCUT2D eigenvalue weighted by Gasteiger charge is -2.28. The van der Waals surface area contributed by atoms with Gasteiger partial charge in [0.25, 0.3) is 0 Å². The van der Waals surface area contributed by atoms with Crippen LogP contribution in [0.2, 0.25) is 0 Å². The van der Waals surface area contributed by atoms with E-state index in [4.69, 9.17) is 20.3 Å². The summed E-state index contributed by atoms with van der Waals surface area (Å²) in [5, 5.41) is 11.2. The summed E-state index contributed by atoms with van der Waals surface area (Å²) >= 11 is 0. The van der Waals surface area contributed by atoms with E-state index in [1.54, 1.807) is 22.0 Å². The van der Waals surface area contributed by atoms with E-state index in [0.29, 0.717) is 19.4 Å². The zero-order valence-electron chi connectivity index (χ0n) is 39.6. The first-order valence-electron chi connectivity index (χ1n) is 23.2. The number of carboxylic acid groups (broad SMARTS) is 1. The average molecular weight is 971 g/mol. The molecule has 4 N–H and O–H groups in total. The number of nitrogens with two attached hydrogens (primary N) is 1. The lowest BCUT2D eigenvalue weighted by molar-refractivity contribution is -0.151. The number of carbonyl (C=O) groups is 6. The summed E-state index contributed by atoms with van der Waals surface area (Å²) in [6, 6.07) is 55.0. The third kappa shape index (κ3) is 15.3. The molecular weight excluding hydrogens is 909 g/mol. The molecule has 0 bridgehead atoms. The van der Waals surface area contributed by atoms with E-state index in [9.17, 15) is 28.8 Å². The van der Waals surface area contributed by atoms with E-state index in [-0.39, 0.29) is 43.8 Å². The van der Waals surface area contributed by atoms with Gasteiger partial charge in [-0.2, -0.15) is 0 Å². The van der Waals surface area contributed by atoms with Crippen molar-refractivity contribution in [3.8, 4) is 0 Å². The number of esters is 2. The first-order valence-corrected chi connectivity index (χ1v) is 23.2. The number of hydrogen-bond acceptors (Lipinski definition) is 9. The standard InChI is InChI=1S/C29H28N2O4.C20H22N2O3.C9H8O2.CH4/c1-35-29(34)25-19-24(30-26(32)18-17-21-11-5-2-6-12-21)20-31(25)28(33)27(22-13-7-3-8-14-22)23-15-9-4-10-16-23;1-25-20(24)17-12-16(21)13-22(17)19(23)18(14-8-4-2-5-9-14)15-10-6-3-7-11-15;10-9(11)7-6-8-4-2-1-3-5-8;/h2-18,24-25,27H,19-20H2,1H3,(H,30,32);2-11,16-18H,12-13,21H2,1H3;1-7H,(H,10,11);1H4/b18-17+;;7-6+;/t24-,25-;16-,17-;;/m00../s1. The fourth-order valence-corrected chi connectivity index (χ4v) is 8.60. The second-order valence-electron chi connectivity index (χ2n) is 16.8. The van der Waals surface area contributed by atoms with Crippen molar-refractivity contribution in [3.63, 3.8) is 0 Å². The fourth-order valence-electron chi connectivity index (χ4n) is 8.60. The molecule has 4 atom stereocenters. The summed E-state index contributed by atoms with van der Waals surface area (Å²) in [6.45, 7) is 0.578. The predicted molar refractivity (Wildman–Crippen MR) is 279 cm³/mol. The maximum atomic E-state index is 13.9. The molecular formula is C59H62N4O9. The molecule has 0 unspecified atom stereocenters. The zero-order chi connectivity index (χ0) is 50.5. The lowest BCUT2D eigenvalue weighted by atomic mass is 9.90. The third-order valence-corrected chi connectivity index (χ3v) is 12.0. The van der Waals surface area contributed by atoms with Crippen molar-refractivity contribution < 1.29 is 43.3 Å². The number of nitrogens with zero attached hydrogens (tertiary/aromatic N) is 2. The number of carbonyl (C=O) groups excluding carboxylic acids is 5. The van der Waals surface area contributed by atoms with Crippen molar-refractivity contribution in [2.45, 2.75) is 56.3 Å². The van der Waals surface area contributed by atoms with Crippen LogP contribution in [0.4, 0.5) is 0 Å². The number of amides is 3. The van der Waals surface area contributed by atoms with Crippen LogP contribution >= 0.6 is 0 Å². The fraction of sp³-hybridized carbons (Fsp3) is 0.220. The Morgan fingerprint density at radius 2 is 0.861 bits per heavy atom. The Bertz CT molecular complexity index is 2650. The molecule has 0 aliphatic carbocycles. The Morgan fingerprint density at radius 1 is 0.528 bits per heavy atom. The molecule has 13 nitrogen and oxygen atoms in total. The highest BCUT2D eigenvalue weighted by atomic mass is 16.5. The van der Waals surface area contributed by atoms with Crippen molar-refractivity contribution in [2.75, 3.05) is 27.3 Å². The minimum Gasteiger partial charge on any atom is -0.478 e. The number of methoxy groups -OCH3 is 2. The Labute approximate surface area is 421 Å². The molecule has 2 aliphatic heterocycles. The zero-order valence-corrected chi connectivity index (χ0v) is 39.6. The number of rotatable bonds is 13. The molecule has 8 rings (SSSR count). The van der Waals surface area contributed by atoms with Gasteiger partial charge in [0.15, 0.2) is 0 Å². The highest BCUT2D eigenvalue weighted by Crippen LogP contribution is 2.32. The summed E-state index contributed by atoms with van der Waals surface area (Å²) in [5.41, 5.74) is 11.3. The van der Waals surface area contributed by atoms with Gasteiger partial charge in [-0.3, -0.25) is 14.4 Å². The summed E-state index contributed by atoms with van der Waals surface area (Å²) in [5.74, 6) is -3.48. The quantitative estimate of drug-likeness (QED) is 0.0754. The van der Waals surface area contributed by atoms with Crippen molar-refractivity contribution in [2.24, 2.45) is 5.73 Å². The van der Waals surface area contributed by atoms with Gasteiger partial charge >= 0.3 is 17.9 Å². The molecule has 2 saturated heterocycles. The van der Waals surface area contributed by atoms with Gasteiger partial charge in [0.2, 0.25) is 17.7 Å². The minimum atomic E-state index is -0.922. The Hall–Kier alpha value is -8.42. The molecule has 0 saturated carbocycles. The van der Waals surface area contributed by atoms with E-state index in [1.807, 2.05) is 182 Å². The van der Waals surface area contributed by atoms with Crippen LogP contribution in [0.3, 0.4) is 0 Å². The molecule has 3 amide bonds. The van der Waals surface area contributed by atoms with Gasteiger partial charge in [0, 0.05) is 43.7 Å². The number of hydrogen-bond donors (Lipinski definition) is 3. The van der Waals surface area contributed by atoms with E-state index in [0.717, 1.165) is 39.5 Å². The Morgan fingerprint density at radius 3 is 1.22 bits per heavy atom. The number of nitrogens with one attached hydrogen (secondary N) is 1. The van der Waals surface area contributed by atoms with Crippen LogP contribution in [0.5, 0.6) is 0 Å². The van der Waals surface area contributed by atoms with Crippen molar-refractivity contribution >= 4 is 47.8 Å². The van der Waals surface area contributed by atoms with Gasteiger partial charge < -0.3 is 35.4 Å². The van der Waals surface area contributed by atoms with Gasteiger partial charge in [0.1, 0.15) is 12.1 Å². The molecule has 2 fully saturated rings.